The van der Waals surface area contributed by atoms with E-state index in [9.17, 15) is 4.79 Å². The number of carbonyl (C=O) groups is 1. The normalized spacial score (nSPS) is 10.5. The molecular formula is C13H14N2O2S. The van der Waals surface area contributed by atoms with Crippen LogP contribution < -0.4 is 5.73 Å². The van der Waals surface area contributed by atoms with Crippen LogP contribution in [0, 0.1) is 0 Å². The fraction of sp³-hybridized carbons (Fsp3) is 0.231. The van der Waals surface area contributed by atoms with Crippen LogP contribution in [-0.2, 0) is 0 Å². The lowest BCUT2D eigenvalue weighted by Crippen LogP contribution is -2.29. The molecule has 0 bridgehead atoms. The maximum atomic E-state index is 12.2. The molecule has 2 aromatic rings. The number of nitrogens with zero attached hydrogens (tertiary/aromatic N) is 1. The van der Waals surface area contributed by atoms with Gasteiger partial charge in [0.1, 0.15) is 11.8 Å². The second-order valence-corrected chi connectivity index (χ2v) is 4.61. The average molecular weight is 262 g/mol. The predicted octanol–water partition coefficient (Wildman–Crippen LogP) is 2.18. The van der Waals surface area contributed by atoms with Crippen molar-refractivity contribution in [3.63, 3.8) is 0 Å². The Bertz CT molecular complexity index is 591. The largest absolute Gasteiger partial charge is 0.463 e. The lowest BCUT2D eigenvalue weighted by Gasteiger charge is -2.15. The van der Waals surface area contributed by atoms with Gasteiger partial charge in [0.05, 0.1) is 10.6 Å². The zero-order valence-electron chi connectivity index (χ0n) is 10.1. The number of hydrogen-bond donors (Lipinski definition) is 1. The van der Waals surface area contributed by atoms with Gasteiger partial charge < -0.3 is 15.1 Å². The average Bonchev–Trinajstić information content (AvgIpc) is 2.78. The zero-order chi connectivity index (χ0) is 13.1. The molecule has 2 rings (SSSR count). The van der Waals surface area contributed by atoms with Crippen molar-refractivity contribution in [2.75, 3.05) is 13.6 Å². The van der Waals surface area contributed by atoms with Crippen molar-refractivity contribution in [3.05, 3.63) is 36.1 Å². The van der Waals surface area contributed by atoms with E-state index in [0.29, 0.717) is 29.1 Å². The van der Waals surface area contributed by atoms with Crippen LogP contribution in [0.4, 0.5) is 0 Å². The molecule has 0 aliphatic heterocycles. The zero-order valence-corrected chi connectivity index (χ0v) is 10.9. The molecule has 0 unspecified atom stereocenters. The number of furan rings is 1. The van der Waals surface area contributed by atoms with E-state index in [-0.39, 0.29) is 5.91 Å². The quantitative estimate of drug-likeness (QED) is 0.858. The number of fused-ring (bicyclic) bond motifs is 1. The van der Waals surface area contributed by atoms with Crippen molar-refractivity contribution in [1.29, 1.82) is 0 Å². The molecular weight excluding hydrogens is 248 g/mol. The summed E-state index contributed by atoms with van der Waals surface area (Å²) in [6.07, 6.45) is 2.01. The molecule has 1 heterocycles. The summed E-state index contributed by atoms with van der Waals surface area (Å²) >= 11 is 4.80. The molecule has 2 N–H and O–H groups in total. The Morgan fingerprint density at radius 1 is 1.44 bits per heavy atom. The van der Waals surface area contributed by atoms with Crippen molar-refractivity contribution in [2.24, 2.45) is 5.73 Å². The molecule has 5 heteroatoms. The standard InChI is InChI=1S/C13H14N2O2S/c1-15(7-6-12(14)18)13(16)10-8-17-11-5-3-2-4-9(10)11/h2-5,8H,6-7H2,1H3,(H2,14,18). The van der Waals surface area contributed by atoms with Crippen molar-refractivity contribution >= 4 is 34.1 Å². The summed E-state index contributed by atoms with van der Waals surface area (Å²) < 4.78 is 5.35. The highest BCUT2D eigenvalue weighted by Gasteiger charge is 2.17. The van der Waals surface area contributed by atoms with Crippen LogP contribution in [0.5, 0.6) is 0 Å². The van der Waals surface area contributed by atoms with E-state index in [1.165, 1.54) is 6.26 Å². The predicted molar refractivity (Wildman–Crippen MR) is 74.6 cm³/mol. The first-order chi connectivity index (χ1) is 8.59. The van der Waals surface area contributed by atoms with Gasteiger partial charge in [-0.15, -0.1) is 0 Å². The van der Waals surface area contributed by atoms with Gasteiger partial charge >= 0.3 is 0 Å². The molecule has 1 aromatic carbocycles. The van der Waals surface area contributed by atoms with Gasteiger partial charge in [-0.1, -0.05) is 30.4 Å². The van der Waals surface area contributed by atoms with Gasteiger partial charge in [-0.25, -0.2) is 0 Å². The Hall–Kier alpha value is -1.88. The highest BCUT2D eigenvalue weighted by molar-refractivity contribution is 7.80. The Kier molecular flexibility index (Phi) is 3.62. The van der Waals surface area contributed by atoms with Gasteiger partial charge in [0.15, 0.2) is 0 Å². The molecule has 0 spiro atoms. The smallest absolute Gasteiger partial charge is 0.257 e. The van der Waals surface area contributed by atoms with Crippen molar-refractivity contribution in [1.82, 2.24) is 4.90 Å². The minimum Gasteiger partial charge on any atom is -0.463 e. The van der Waals surface area contributed by atoms with E-state index in [2.05, 4.69) is 0 Å². The van der Waals surface area contributed by atoms with E-state index < -0.39 is 0 Å². The van der Waals surface area contributed by atoms with Crippen LogP contribution in [0.1, 0.15) is 16.8 Å². The Balaban J connectivity index is 2.20. The van der Waals surface area contributed by atoms with Gasteiger partial charge in [-0.05, 0) is 6.07 Å². The lowest BCUT2D eigenvalue weighted by atomic mass is 10.1. The van der Waals surface area contributed by atoms with Crippen LogP contribution in [0.3, 0.4) is 0 Å². The first-order valence-corrected chi connectivity index (χ1v) is 6.00. The molecule has 0 saturated carbocycles. The summed E-state index contributed by atoms with van der Waals surface area (Å²) in [5, 5.41) is 0.824. The summed E-state index contributed by atoms with van der Waals surface area (Å²) in [4.78, 5) is 14.2. The van der Waals surface area contributed by atoms with Gasteiger partial charge in [0.2, 0.25) is 0 Å². The minimum atomic E-state index is -0.0869. The van der Waals surface area contributed by atoms with Crippen LogP contribution >= 0.6 is 12.2 Å². The van der Waals surface area contributed by atoms with Crippen molar-refractivity contribution in [2.45, 2.75) is 6.42 Å². The molecule has 0 aliphatic rings. The molecule has 18 heavy (non-hydrogen) atoms. The number of amides is 1. The third-order valence-electron chi connectivity index (χ3n) is 2.75. The highest BCUT2D eigenvalue weighted by Crippen LogP contribution is 2.21. The SMILES string of the molecule is CN(CCC(N)=S)C(=O)c1coc2ccccc12. The maximum absolute atomic E-state index is 12.2. The highest BCUT2D eigenvalue weighted by atomic mass is 32.1. The number of carbonyl (C=O) groups excluding carboxylic acids is 1. The number of thiocarbonyl (C=S) groups is 1. The third-order valence-corrected chi connectivity index (χ3v) is 2.96. The van der Waals surface area contributed by atoms with Crippen LogP contribution in [0.15, 0.2) is 34.9 Å². The Morgan fingerprint density at radius 2 is 2.17 bits per heavy atom. The van der Waals surface area contributed by atoms with Crippen molar-refractivity contribution < 1.29 is 9.21 Å². The first kappa shape index (κ1) is 12.6. The Morgan fingerprint density at radius 3 is 2.89 bits per heavy atom. The molecule has 0 aliphatic carbocycles. The molecule has 0 saturated heterocycles. The topological polar surface area (TPSA) is 59.5 Å². The van der Waals surface area contributed by atoms with Gasteiger partial charge in [0, 0.05) is 25.4 Å². The molecule has 1 aromatic heterocycles. The second-order valence-electron chi connectivity index (χ2n) is 4.09. The minimum absolute atomic E-state index is 0.0869. The summed E-state index contributed by atoms with van der Waals surface area (Å²) in [7, 11) is 1.72. The molecule has 94 valence electrons. The summed E-state index contributed by atoms with van der Waals surface area (Å²) in [6, 6.07) is 7.45. The lowest BCUT2D eigenvalue weighted by molar-refractivity contribution is 0.0800. The van der Waals surface area contributed by atoms with E-state index >= 15 is 0 Å². The van der Waals surface area contributed by atoms with E-state index in [0.717, 1.165) is 5.39 Å². The fourth-order valence-electron chi connectivity index (χ4n) is 1.73. The van der Waals surface area contributed by atoms with E-state index in [4.69, 9.17) is 22.4 Å². The summed E-state index contributed by atoms with van der Waals surface area (Å²) in [5.74, 6) is -0.0869. The monoisotopic (exact) mass is 262 g/mol. The fourth-order valence-corrected chi connectivity index (χ4v) is 1.82. The molecule has 1 amide bonds. The maximum Gasteiger partial charge on any atom is 0.257 e. The first-order valence-electron chi connectivity index (χ1n) is 5.59. The second kappa shape index (κ2) is 5.18. The molecule has 0 radical (unpaired) electrons. The van der Waals surface area contributed by atoms with Gasteiger partial charge in [-0.3, -0.25) is 4.79 Å². The molecule has 0 fully saturated rings. The number of para-hydroxylation sites is 1. The number of nitrogens with two attached hydrogens (primary N) is 1. The molecule has 4 nitrogen and oxygen atoms in total. The number of rotatable bonds is 4. The van der Waals surface area contributed by atoms with Gasteiger partial charge in [0.25, 0.3) is 5.91 Å². The number of hydrogen-bond acceptors (Lipinski definition) is 3. The van der Waals surface area contributed by atoms with Crippen LogP contribution in [0.25, 0.3) is 11.0 Å². The Labute approximate surface area is 110 Å². The number of benzene rings is 1. The van der Waals surface area contributed by atoms with Crippen LogP contribution in [0.2, 0.25) is 0 Å². The molecule has 0 atom stereocenters. The van der Waals surface area contributed by atoms with Gasteiger partial charge in [-0.2, -0.15) is 0 Å². The van der Waals surface area contributed by atoms with E-state index in [1.54, 1.807) is 11.9 Å². The van der Waals surface area contributed by atoms with E-state index in [1.807, 2.05) is 24.3 Å². The summed E-state index contributed by atoms with van der Waals surface area (Å²) in [6.45, 7) is 0.508. The summed E-state index contributed by atoms with van der Waals surface area (Å²) in [5.41, 5.74) is 6.70. The third kappa shape index (κ3) is 2.51. The van der Waals surface area contributed by atoms with Crippen LogP contribution in [-0.4, -0.2) is 29.4 Å². The van der Waals surface area contributed by atoms with Crippen molar-refractivity contribution in [3.8, 4) is 0 Å².